The molecule has 0 atom stereocenters. The van der Waals surface area contributed by atoms with Gasteiger partial charge in [0.15, 0.2) is 0 Å². The number of carbonyl (C=O) groups is 1. The molecule has 1 rings (SSSR count). The first kappa shape index (κ1) is 11.2. The number of hydrogen-bond donors (Lipinski definition) is 3. The molecule has 82 valence electrons. The molecule has 0 amide bonds. The van der Waals surface area contributed by atoms with Gasteiger partial charge in [-0.3, -0.25) is 9.59 Å². The molecular formula is C8H8F2N2O3. The summed E-state index contributed by atoms with van der Waals surface area (Å²) in [5.41, 5.74) is 2.89. The Bertz CT molecular complexity index is 442. The lowest BCUT2D eigenvalue weighted by atomic mass is 10.2. The molecule has 4 N–H and O–H groups in total. The number of H-pyrrole nitrogens is 1. The van der Waals surface area contributed by atoms with Crippen LogP contribution >= 0.6 is 0 Å². The number of pyridine rings is 1. The first-order valence-corrected chi connectivity index (χ1v) is 3.93. The average Bonchev–Trinajstić information content (AvgIpc) is 2.09. The standard InChI is InChI=1S/C8H8F2N2O3/c9-8(10)7-6(11)4(13)1-3(12-7)2-5(14)15/h1,8H,2,11H2,(H,12,13)(H,14,15). The van der Waals surface area contributed by atoms with Crippen LogP contribution in [0.4, 0.5) is 14.5 Å². The first-order valence-electron chi connectivity index (χ1n) is 3.93. The second-order valence-electron chi connectivity index (χ2n) is 2.86. The molecule has 0 aromatic carbocycles. The maximum atomic E-state index is 12.3. The molecule has 0 spiro atoms. The van der Waals surface area contributed by atoms with Crippen molar-refractivity contribution in [1.29, 1.82) is 0 Å². The summed E-state index contributed by atoms with van der Waals surface area (Å²) >= 11 is 0. The van der Waals surface area contributed by atoms with Crippen LogP contribution in [0.25, 0.3) is 0 Å². The van der Waals surface area contributed by atoms with Gasteiger partial charge in [-0.15, -0.1) is 0 Å². The zero-order chi connectivity index (χ0) is 11.6. The number of hydrogen-bond acceptors (Lipinski definition) is 3. The second kappa shape index (κ2) is 4.07. The summed E-state index contributed by atoms with van der Waals surface area (Å²) in [5, 5.41) is 8.42. The monoisotopic (exact) mass is 218 g/mol. The number of alkyl halides is 2. The van der Waals surface area contributed by atoms with E-state index in [0.717, 1.165) is 6.07 Å². The Morgan fingerprint density at radius 3 is 2.67 bits per heavy atom. The van der Waals surface area contributed by atoms with Gasteiger partial charge >= 0.3 is 5.97 Å². The summed E-state index contributed by atoms with van der Waals surface area (Å²) in [7, 11) is 0. The number of carboxylic acid groups (broad SMARTS) is 1. The van der Waals surface area contributed by atoms with E-state index in [4.69, 9.17) is 10.8 Å². The molecule has 0 aliphatic heterocycles. The van der Waals surface area contributed by atoms with Crippen molar-refractivity contribution in [2.24, 2.45) is 0 Å². The largest absolute Gasteiger partial charge is 0.481 e. The summed E-state index contributed by atoms with van der Waals surface area (Å²) in [6.07, 6.45) is -3.47. The molecule has 0 saturated carbocycles. The molecule has 0 bridgehead atoms. The Kier molecular flexibility index (Phi) is 3.03. The van der Waals surface area contributed by atoms with Crippen LogP contribution in [0.1, 0.15) is 17.8 Å². The van der Waals surface area contributed by atoms with Gasteiger partial charge in [0.05, 0.1) is 6.42 Å². The van der Waals surface area contributed by atoms with E-state index in [1.807, 2.05) is 0 Å². The third-order valence-corrected chi connectivity index (χ3v) is 1.72. The van der Waals surface area contributed by atoms with Gasteiger partial charge in [-0.25, -0.2) is 8.78 Å². The second-order valence-corrected chi connectivity index (χ2v) is 2.86. The SMILES string of the molecule is Nc1c(C(F)F)[nH]c(CC(=O)O)cc1=O. The highest BCUT2D eigenvalue weighted by atomic mass is 19.3. The Morgan fingerprint density at radius 2 is 2.20 bits per heavy atom. The van der Waals surface area contributed by atoms with E-state index in [2.05, 4.69) is 4.98 Å². The fourth-order valence-electron chi connectivity index (χ4n) is 1.08. The number of nitrogen functional groups attached to an aromatic ring is 1. The van der Waals surface area contributed by atoms with Crippen molar-refractivity contribution in [2.45, 2.75) is 12.8 Å². The third-order valence-electron chi connectivity index (χ3n) is 1.72. The molecule has 15 heavy (non-hydrogen) atoms. The van der Waals surface area contributed by atoms with E-state index in [1.165, 1.54) is 0 Å². The number of anilines is 1. The van der Waals surface area contributed by atoms with Gasteiger partial charge in [0.1, 0.15) is 11.4 Å². The number of aromatic nitrogens is 1. The van der Waals surface area contributed by atoms with Crippen LogP contribution in [0.5, 0.6) is 0 Å². The minimum atomic E-state index is -2.94. The number of nitrogens with one attached hydrogen (secondary N) is 1. The molecule has 7 heteroatoms. The minimum absolute atomic E-state index is 0.1000. The van der Waals surface area contributed by atoms with Crippen molar-refractivity contribution in [3.8, 4) is 0 Å². The highest BCUT2D eigenvalue weighted by molar-refractivity contribution is 5.69. The average molecular weight is 218 g/mol. The molecule has 0 saturated heterocycles. The molecule has 1 aromatic heterocycles. The van der Waals surface area contributed by atoms with Crippen molar-refractivity contribution in [2.75, 3.05) is 5.73 Å². The lowest BCUT2D eigenvalue weighted by Crippen LogP contribution is -2.16. The molecule has 5 nitrogen and oxygen atoms in total. The van der Waals surface area contributed by atoms with Gasteiger partial charge in [-0.2, -0.15) is 0 Å². The third kappa shape index (κ3) is 2.52. The molecule has 0 fully saturated rings. The fourth-order valence-corrected chi connectivity index (χ4v) is 1.08. The summed E-state index contributed by atoms with van der Waals surface area (Å²) < 4.78 is 24.7. The van der Waals surface area contributed by atoms with Crippen molar-refractivity contribution < 1.29 is 18.7 Å². The van der Waals surface area contributed by atoms with Gasteiger partial charge in [0, 0.05) is 11.8 Å². The van der Waals surface area contributed by atoms with E-state index >= 15 is 0 Å². The van der Waals surface area contributed by atoms with Crippen LogP contribution in [0.15, 0.2) is 10.9 Å². The van der Waals surface area contributed by atoms with E-state index in [1.54, 1.807) is 0 Å². The van der Waals surface area contributed by atoms with Crippen LogP contribution in [0, 0.1) is 0 Å². The summed E-state index contributed by atoms with van der Waals surface area (Å²) in [4.78, 5) is 23.5. The maximum Gasteiger partial charge on any atom is 0.309 e. The van der Waals surface area contributed by atoms with Crippen LogP contribution in [0.3, 0.4) is 0 Å². The Hall–Kier alpha value is -1.92. The summed E-state index contributed by atoms with van der Waals surface area (Å²) in [6, 6.07) is 0.898. The van der Waals surface area contributed by atoms with Crippen molar-refractivity contribution >= 4 is 11.7 Å². The lowest BCUT2D eigenvalue weighted by molar-refractivity contribution is -0.136. The van der Waals surface area contributed by atoms with Gasteiger partial charge in [-0.1, -0.05) is 0 Å². The topological polar surface area (TPSA) is 96.2 Å². The first-order chi connectivity index (χ1) is 6.91. The van der Waals surface area contributed by atoms with Crippen LogP contribution < -0.4 is 11.2 Å². The fraction of sp³-hybridized carbons (Fsp3) is 0.250. The zero-order valence-electron chi connectivity index (χ0n) is 7.46. The van der Waals surface area contributed by atoms with Gasteiger partial charge in [0.2, 0.25) is 5.43 Å². The van der Waals surface area contributed by atoms with Gasteiger partial charge in [0.25, 0.3) is 6.43 Å². The number of nitrogens with two attached hydrogens (primary N) is 1. The number of aliphatic carboxylic acids is 1. The number of halogens is 2. The molecule has 0 aliphatic rings. The summed E-state index contributed by atoms with van der Waals surface area (Å²) in [6.45, 7) is 0. The number of aromatic amines is 1. The Morgan fingerprint density at radius 1 is 1.60 bits per heavy atom. The van der Waals surface area contributed by atoms with Crippen molar-refractivity contribution in [3.05, 3.63) is 27.7 Å². The normalized spacial score (nSPS) is 10.6. The smallest absolute Gasteiger partial charge is 0.309 e. The Balaban J connectivity index is 3.23. The van der Waals surface area contributed by atoms with Crippen molar-refractivity contribution in [3.63, 3.8) is 0 Å². The quantitative estimate of drug-likeness (QED) is 0.689. The summed E-state index contributed by atoms with van der Waals surface area (Å²) in [5.74, 6) is -1.23. The number of carboxylic acids is 1. The Labute approximate surface area is 82.5 Å². The van der Waals surface area contributed by atoms with Gasteiger partial charge < -0.3 is 15.8 Å². The van der Waals surface area contributed by atoms with E-state index in [9.17, 15) is 18.4 Å². The molecular weight excluding hydrogens is 210 g/mol. The van der Waals surface area contributed by atoms with Gasteiger partial charge in [-0.05, 0) is 0 Å². The van der Waals surface area contributed by atoms with Crippen LogP contribution in [-0.2, 0) is 11.2 Å². The predicted octanol–water partition coefficient (Wildman–Crippen LogP) is 0.522. The molecule has 1 heterocycles. The highest BCUT2D eigenvalue weighted by Gasteiger charge is 2.16. The molecule has 0 aliphatic carbocycles. The van der Waals surface area contributed by atoms with E-state index < -0.39 is 35.6 Å². The molecule has 0 unspecified atom stereocenters. The van der Waals surface area contributed by atoms with E-state index in [-0.39, 0.29) is 5.69 Å². The lowest BCUT2D eigenvalue weighted by Gasteiger charge is -2.06. The maximum absolute atomic E-state index is 12.3. The van der Waals surface area contributed by atoms with Crippen LogP contribution in [0.2, 0.25) is 0 Å². The zero-order valence-corrected chi connectivity index (χ0v) is 7.46. The number of rotatable bonds is 3. The minimum Gasteiger partial charge on any atom is -0.481 e. The highest BCUT2D eigenvalue weighted by Crippen LogP contribution is 2.20. The predicted molar refractivity (Wildman–Crippen MR) is 47.8 cm³/mol. The molecule has 1 aromatic rings. The van der Waals surface area contributed by atoms with Crippen LogP contribution in [-0.4, -0.2) is 16.1 Å². The molecule has 0 radical (unpaired) electrons. The van der Waals surface area contributed by atoms with Crippen molar-refractivity contribution in [1.82, 2.24) is 4.98 Å². The van der Waals surface area contributed by atoms with E-state index in [0.29, 0.717) is 0 Å².